The normalized spacial score (nSPS) is 16.1. The summed E-state index contributed by atoms with van der Waals surface area (Å²) in [6.45, 7) is 4.87. The first-order valence-corrected chi connectivity index (χ1v) is 12.5. The first-order valence-electron chi connectivity index (χ1n) is 12.5. The second-order valence-corrected chi connectivity index (χ2v) is 9.42. The number of fused-ring (bicyclic) bond motifs is 3. The van der Waals surface area contributed by atoms with Gasteiger partial charge in [-0.15, -0.1) is 29.9 Å². The van der Waals surface area contributed by atoms with E-state index >= 15 is 0 Å². The predicted octanol–water partition coefficient (Wildman–Crippen LogP) is 5.37. The average molecular weight is 553 g/mol. The molecule has 1 fully saturated rings. The first-order chi connectivity index (χ1) is 17.7. The van der Waals surface area contributed by atoms with Crippen molar-refractivity contribution in [2.24, 2.45) is 0 Å². The van der Waals surface area contributed by atoms with E-state index in [0.717, 1.165) is 23.5 Å². The van der Waals surface area contributed by atoms with Crippen LogP contribution in [-0.4, -0.2) is 52.2 Å². The maximum absolute atomic E-state index is 13.4. The average Bonchev–Trinajstić information content (AvgIpc) is 3.45. The minimum atomic E-state index is -0.305. The van der Waals surface area contributed by atoms with Crippen LogP contribution >= 0.6 is 24.8 Å². The Kier molecular flexibility index (Phi) is 8.72. The summed E-state index contributed by atoms with van der Waals surface area (Å²) in [5.74, 6) is 0.0381. The van der Waals surface area contributed by atoms with Crippen molar-refractivity contribution in [3.8, 4) is 11.1 Å². The van der Waals surface area contributed by atoms with Crippen molar-refractivity contribution in [2.45, 2.75) is 25.4 Å². The predicted molar refractivity (Wildman–Crippen MR) is 152 cm³/mol. The van der Waals surface area contributed by atoms with Gasteiger partial charge in [-0.2, -0.15) is 0 Å². The summed E-state index contributed by atoms with van der Waals surface area (Å²) >= 11 is 0. The van der Waals surface area contributed by atoms with Gasteiger partial charge >= 0.3 is 6.09 Å². The number of amides is 1. The quantitative estimate of drug-likeness (QED) is 0.360. The highest BCUT2D eigenvalue weighted by molar-refractivity contribution is 5.85. The van der Waals surface area contributed by atoms with Crippen LogP contribution in [0.1, 0.15) is 40.0 Å². The molecule has 1 aromatic heterocycles. The number of carbonyl (C=O) groups excluding carboxylic acids is 1. The molecule has 1 atom stereocenters. The minimum Gasteiger partial charge on any atom is -0.448 e. The van der Waals surface area contributed by atoms with Crippen molar-refractivity contribution < 1.29 is 9.53 Å². The maximum atomic E-state index is 13.4. The van der Waals surface area contributed by atoms with Crippen LogP contribution in [-0.2, 0) is 11.3 Å². The molecular weight excluding hydrogens is 521 g/mol. The fraction of sp³-hybridized carbons (Fsp3) is 0.276. The molecule has 3 aromatic carbocycles. The molecule has 4 aromatic rings. The fourth-order valence-electron chi connectivity index (χ4n) is 5.43. The third kappa shape index (κ3) is 5.14. The van der Waals surface area contributed by atoms with Gasteiger partial charge in [-0.1, -0.05) is 84.1 Å². The van der Waals surface area contributed by atoms with Gasteiger partial charge in [0.2, 0.25) is 0 Å². The van der Waals surface area contributed by atoms with E-state index in [1.807, 2.05) is 41.9 Å². The molecule has 2 heterocycles. The van der Waals surface area contributed by atoms with Gasteiger partial charge in [0.15, 0.2) is 0 Å². The van der Waals surface area contributed by atoms with Crippen molar-refractivity contribution in [3.05, 3.63) is 107 Å². The molecule has 6 rings (SSSR count). The largest absolute Gasteiger partial charge is 0.448 e. The molecule has 1 aliphatic heterocycles. The van der Waals surface area contributed by atoms with E-state index in [4.69, 9.17) is 4.74 Å². The number of nitrogens with zero attached hydrogens (tertiary/aromatic N) is 4. The molecule has 7 nitrogen and oxygen atoms in total. The van der Waals surface area contributed by atoms with E-state index in [1.165, 1.54) is 22.3 Å². The number of hydrogen-bond acceptors (Lipinski definition) is 5. The number of ether oxygens (including phenoxy) is 1. The van der Waals surface area contributed by atoms with Crippen LogP contribution in [0.5, 0.6) is 0 Å². The van der Waals surface area contributed by atoms with Crippen molar-refractivity contribution in [1.29, 1.82) is 0 Å². The van der Waals surface area contributed by atoms with Crippen LogP contribution in [0.2, 0.25) is 0 Å². The number of halogens is 2. The third-order valence-corrected chi connectivity index (χ3v) is 7.32. The van der Waals surface area contributed by atoms with E-state index < -0.39 is 0 Å². The lowest BCUT2D eigenvalue weighted by molar-refractivity contribution is 0.0742. The molecule has 0 saturated carbocycles. The number of aromatic nitrogens is 3. The lowest BCUT2D eigenvalue weighted by atomic mass is 9.98. The van der Waals surface area contributed by atoms with Gasteiger partial charge in [0.1, 0.15) is 12.3 Å². The van der Waals surface area contributed by atoms with Crippen molar-refractivity contribution in [2.75, 3.05) is 26.2 Å². The Bertz CT molecular complexity index is 1350. The van der Waals surface area contributed by atoms with Gasteiger partial charge in [-0.3, -0.25) is 4.90 Å². The molecule has 198 valence electrons. The molecule has 0 spiro atoms. The van der Waals surface area contributed by atoms with Crippen molar-refractivity contribution in [3.63, 3.8) is 0 Å². The Morgan fingerprint density at radius 2 is 1.58 bits per heavy atom. The number of piperazine rings is 1. The third-order valence-electron chi connectivity index (χ3n) is 7.32. The highest BCUT2D eigenvalue weighted by Gasteiger charge is 2.34. The highest BCUT2D eigenvalue weighted by atomic mass is 35.5. The van der Waals surface area contributed by atoms with Crippen molar-refractivity contribution >= 4 is 30.9 Å². The number of carbonyl (C=O) groups is 1. The second-order valence-electron chi connectivity index (χ2n) is 9.42. The first kappa shape index (κ1) is 27.6. The van der Waals surface area contributed by atoms with Gasteiger partial charge in [-0.05, 0) is 34.7 Å². The smallest absolute Gasteiger partial charge is 0.410 e. The SMILES string of the molecule is Cc1c(C2CNCCN2C(=O)OCC2c3ccccc3-c3ccccc32)nnn1Cc1ccccc1.Cl.Cl. The zero-order valence-electron chi connectivity index (χ0n) is 21.1. The summed E-state index contributed by atoms with van der Waals surface area (Å²) < 4.78 is 7.88. The summed E-state index contributed by atoms with van der Waals surface area (Å²) in [6, 6.07) is 26.7. The second kappa shape index (κ2) is 12.0. The molecule has 1 N–H and O–H groups in total. The van der Waals surface area contributed by atoms with E-state index in [1.54, 1.807) is 4.90 Å². The molecule has 38 heavy (non-hydrogen) atoms. The lowest BCUT2D eigenvalue weighted by Gasteiger charge is -2.34. The topological polar surface area (TPSA) is 72.3 Å². The Labute approximate surface area is 235 Å². The number of nitrogens with one attached hydrogen (secondary N) is 1. The van der Waals surface area contributed by atoms with Crippen LogP contribution in [0.15, 0.2) is 78.9 Å². The van der Waals surface area contributed by atoms with Gasteiger partial charge in [0.05, 0.1) is 18.3 Å². The summed E-state index contributed by atoms with van der Waals surface area (Å²) in [7, 11) is 0. The zero-order chi connectivity index (χ0) is 24.5. The van der Waals surface area contributed by atoms with Crippen molar-refractivity contribution in [1.82, 2.24) is 25.2 Å². The summed E-state index contributed by atoms with van der Waals surface area (Å²) in [4.78, 5) is 15.2. The fourth-order valence-corrected chi connectivity index (χ4v) is 5.43. The van der Waals surface area contributed by atoms with E-state index in [2.05, 4.69) is 64.2 Å². The summed E-state index contributed by atoms with van der Waals surface area (Å²) in [5.41, 5.74) is 7.80. The maximum Gasteiger partial charge on any atom is 0.410 e. The number of hydrogen-bond donors (Lipinski definition) is 1. The van der Waals surface area contributed by atoms with Crippen LogP contribution in [0.25, 0.3) is 11.1 Å². The molecule has 0 bridgehead atoms. The lowest BCUT2D eigenvalue weighted by Crippen LogP contribution is -2.49. The highest BCUT2D eigenvalue weighted by Crippen LogP contribution is 2.44. The van der Waals surface area contributed by atoms with Gasteiger partial charge in [0.25, 0.3) is 0 Å². The van der Waals surface area contributed by atoms with Gasteiger partial charge in [0, 0.05) is 25.6 Å². The van der Waals surface area contributed by atoms with E-state index in [9.17, 15) is 4.79 Å². The Hall–Kier alpha value is -3.39. The molecule has 2 aliphatic rings. The van der Waals surface area contributed by atoms with Crippen LogP contribution < -0.4 is 5.32 Å². The van der Waals surface area contributed by atoms with E-state index in [-0.39, 0.29) is 42.9 Å². The summed E-state index contributed by atoms with van der Waals surface area (Å²) in [5, 5.41) is 12.3. The molecule has 9 heteroatoms. The number of benzene rings is 3. The monoisotopic (exact) mass is 551 g/mol. The Morgan fingerprint density at radius 3 is 2.26 bits per heavy atom. The van der Waals surface area contributed by atoms with Crippen LogP contribution in [0, 0.1) is 6.92 Å². The van der Waals surface area contributed by atoms with Crippen LogP contribution in [0.3, 0.4) is 0 Å². The van der Waals surface area contributed by atoms with Crippen LogP contribution in [0.4, 0.5) is 4.79 Å². The Balaban J connectivity index is 0.00000168. The Morgan fingerprint density at radius 1 is 0.947 bits per heavy atom. The molecule has 1 unspecified atom stereocenters. The molecule has 1 aliphatic carbocycles. The molecular formula is C29H31Cl2N5O2. The zero-order valence-corrected chi connectivity index (χ0v) is 22.8. The molecule has 1 amide bonds. The molecule has 0 radical (unpaired) electrons. The van der Waals surface area contributed by atoms with Gasteiger partial charge < -0.3 is 10.1 Å². The van der Waals surface area contributed by atoms with Gasteiger partial charge in [-0.25, -0.2) is 9.48 Å². The standard InChI is InChI=1S/C29H29N5O2.2ClH/c1-20-28(31-32-34(20)18-21-9-3-2-4-10-21)27-17-30-15-16-33(27)29(35)36-19-26-24-13-7-5-11-22(24)23-12-6-8-14-25(23)26;;/h2-14,26-27,30H,15-19H2,1H3;2*1H. The summed E-state index contributed by atoms with van der Waals surface area (Å²) in [6.07, 6.45) is -0.305. The number of rotatable bonds is 5. The van der Waals surface area contributed by atoms with E-state index in [0.29, 0.717) is 26.2 Å². The molecule has 1 saturated heterocycles. The minimum absolute atomic E-state index is 0.